The van der Waals surface area contributed by atoms with Crippen LogP contribution < -0.4 is 0 Å². The third kappa shape index (κ3) is 2.00. The Bertz CT molecular complexity index is 1090. The van der Waals surface area contributed by atoms with Crippen molar-refractivity contribution in [3.63, 3.8) is 0 Å². The SMILES string of the molecule is CC1=CC(C)=[N+]2C1=C(c1ccc(C#N)cc1)c1c(C)cc(C)n1[B-]2(F)F. The lowest BCUT2D eigenvalue weighted by molar-refractivity contribution is -0.363. The van der Waals surface area contributed by atoms with Gasteiger partial charge in [-0.15, -0.1) is 0 Å². The fourth-order valence-corrected chi connectivity index (χ4v) is 4.28. The molecule has 1 aromatic carbocycles. The molecule has 0 aliphatic carbocycles. The Morgan fingerprint density at radius 1 is 1.08 bits per heavy atom. The monoisotopic (exact) mass is 349 g/mol. The second kappa shape index (κ2) is 5.28. The molecule has 130 valence electrons. The van der Waals surface area contributed by atoms with Gasteiger partial charge in [0.15, 0.2) is 5.70 Å². The zero-order valence-corrected chi connectivity index (χ0v) is 15.1. The van der Waals surface area contributed by atoms with Crippen LogP contribution in [-0.4, -0.2) is 21.6 Å². The Kier molecular flexibility index (Phi) is 3.36. The van der Waals surface area contributed by atoms with Crippen LogP contribution in [-0.2, 0) is 0 Å². The first-order valence-corrected chi connectivity index (χ1v) is 8.55. The molecule has 2 aliphatic rings. The van der Waals surface area contributed by atoms with Gasteiger partial charge in [-0.25, -0.2) is 0 Å². The molecule has 0 radical (unpaired) electrons. The van der Waals surface area contributed by atoms with Crippen molar-refractivity contribution in [1.29, 1.82) is 5.26 Å². The summed E-state index contributed by atoms with van der Waals surface area (Å²) in [6.07, 6.45) is 1.81. The van der Waals surface area contributed by atoms with Crippen molar-refractivity contribution in [2.24, 2.45) is 0 Å². The molecule has 0 bridgehead atoms. The molecule has 0 unspecified atom stereocenters. The van der Waals surface area contributed by atoms with Crippen LogP contribution in [0.15, 0.2) is 47.7 Å². The van der Waals surface area contributed by atoms with Gasteiger partial charge in [-0.05, 0) is 55.8 Å². The summed E-state index contributed by atoms with van der Waals surface area (Å²) in [4.78, 5) is 0. The fourth-order valence-electron chi connectivity index (χ4n) is 4.28. The van der Waals surface area contributed by atoms with Gasteiger partial charge in [0.05, 0.1) is 17.2 Å². The van der Waals surface area contributed by atoms with E-state index in [4.69, 9.17) is 5.26 Å². The molecule has 0 fully saturated rings. The van der Waals surface area contributed by atoms with Crippen molar-refractivity contribution in [3.05, 3.63) is 75.8 Å². The topological polar surface area (TPSA) is 31.7 Å². The van der Waals surface area contributed by atoms with Crippen molar-refractivity contribution in [2.45, 2.75) is 27.7 Å². The molecule has 1 aromatic heterocycles. The third-order valence-electron chi connectivity index (χ3n) is 5.24. The highest BCUT2D eigenvalue weighted by Crippen LogP contribution is 2.43. The van der Waals surface area contributed by atoms with Crippen LogP contribution in [0.25, 0.3) is 5.57 Å². The number of aryl methyl sites for hydroxylation is 2. The Labute approximate surface area is 151 Å². The van der Waals surface area contributed by atoms with Gasteiger partial charge in [0.2, 0.25) is 0 Å². The van der Waals surface area contributed by atoms with Crippen LogP contribution in [0.3, 0.4) is 0 Å². The Morgan fingerprint density at radius 2 is 1.73 bits per heavy atom. The van der Waals surface area contributed by atoms with Crippen LogP contribution >= 0.6 is 0 Å². The summed E-state index contributed by atoms with van der Waals surface area (Å²) >= 11 is 0. The molecule has 3 nitrogen and oxygen atoms in total. The molecule has 0 atom stereocenters. The van der Waals surface area contributed by atoms with Gasteiger partial charge < -0.3 is 17.6 Å². The van der Waals surface area contributed by atoms with Crippen molar-refractivity contribution >= 4 is 18.3 Å². The summed E-state index contributed by atoms with van der Waals surface area (Å²) in [7, 11) is 0. The maximum absolute atomic E-state index is 15.5. The molecule has 6 heteroatoms. The number of aromatic nitrogens is 1. The molecule has 0 spiro atoms. The molecule has 2 aromatic rings. The number of benzene rings is 1. The molecule has 3 heterocycles. The normalized spacial score (nSPS) is 17.8. The number of nitrogens with zero attached hydrogens (tertiary/aromatic N) is 3. The van der Waals surface area contributed by atoms with E-state index in [2.05, 4.69) is 6.07 Å². The van der Waals surface area contributed by atoms with Crippen molar-refractivity contribution in [1.82, 2.24) is 4.48 Å². The Morgan fingerprint density at radius 3 is 2.35 bits per heavy atom. The lowest BCUT2D eigenvalue weighted by Crippen LogP contribution is -2.51. The van der Waals surface area contributed by atoms with Gasteiger partial charge in [0.1, 0.15) is 5.71 Å². The molecule has 2 aliphatic heterocycles. The second-order valence-electron chi connectivity index (χ2n) is 7.03. The third-order valence-corrected chi connectivity index (χ3v) is 5.24. The summed E-state index contributed by atoms with van der Waals surface area (Å²) < 4.78 is 33.3. The summed E-state index contributed by atoms with van der Waals surface area (Å²) in [6, 6.07) is 11.0. The minimum atomic E-state index is -3.95. The Hall–Kier alpha value is -2.94. The van der Waals surface area contributed by atoms with Gasteiger partial charge >= 0.3 is 6.97 Å². The minimum Gasteiger partial charge on any atom is -0.393 e. The van der Waals surface area contributed by atoms with Crippen molar-refractivity contribution in [2.75, 3.05) is 0 Å². The van der Waals surface area contributed by atoms with E-state index in [1.807, 2.05) is 38.1 Å². The average Bonchev–Trinajstić information content (AvgIpc) is 3.05. The smallest absolute Gasteiger partial charge is 0.393 e. The number of nitriles is 1. The zero-order chi connectivity index (χ0) is 18.8. The van der Waals surface area contributed by atoms with Crippen LogP contribution in [0.2, 0.25) is 0 Å². The van der Waals surface area contributed by atoms with Gasteiger partial charge in [-0.2, -0.15) is 5.26 Å². The van der Waals surface area contributed by atoms with Crippen LogP contribution in [0.4, 0.5) is 8.63 Å². The van der Waals surface area contributed by atoms with Crippen LogP contribution in [0, 0.1) is 25.2 Å². The zero-order valence-electron chi connectivity index (χ0n) is 15.1. The molecular formula is C20H18BF2N3. The van der Waals surface area contributed by atoms with Crippen LogP contribution in [0.5, 0.6) is 0 Å². The lowest BCUT2D eigenvalue weighted by Gasteiger charge is -2.34. The van der Waals surface area contributed by atoms with Gasteiger partial charge in [-0.1, -0.05) is 12.1 Å². The van der Waals surface area contributed by atoms with E-state index in [1.165, 1.54) is 8.96 Å². The second-order valence-corrected chi connectivity index (χ2v) is 7.03. The average molecular weight is 349 g/mol. The molecule has 0 saturated carbocycles. The van der Waals surface area contributed by atoms with E-state index in [-0.39, 0.29) is 0 Å². The summed E-state index contributed by atoms with van der Waals surface area (Å²) in [5.41, 5.74) is 6.04. The highest BCUT2D eigenvalue weighted by atomic mass is 19.2. The maximum Gasteiger partial charge on any atom is 0.737 e. The van der Waals surface area contributed by atoms with E-state index in [0.29, 0.717) is 28.4 Å². The number of hydrogen-bond donors (Lipinski definition) is 0. The molecule has 0 amide bonds. The summed E-state index contributed by atoms with van der Waals surface area (Å²) in [5.74, 6) is 0. The van der Waals surface area contributed by atoms with E-state index in [0.717, 1.165) is 22.3 Å². The molecule has 0 N–H and O–H groups in total. The summed E-state index contributed by atoms with van der Waals surface area (Å²) in [6.45, 7) is 3.23. The number of fused-ring (bicyclic) bond motifs is 2. The molecule has 4 rings (SSSR count). The van der Waals surface area contributed by atoms with E-state index in [1.54, 1.807) is 26.0 Å². The summed E-state index contributed by atoms with van der Waals surface area (Å²) in [5, 5.41) is 9.06. The number of halogens is 2. The van der Waals surface area contributed by atoms with E-state index >= 15 is 8.63 Å². The maximum atomic E-state index is 15.5. The number of rotatable bonds is 1. The first kappa shape index (κ1) is 16.5. The standard InChI is InChI=1S/C20H18BF2N3/c1-12-9-14(3)25-19(12)18(17-7-5-16(11-24)6-8-17)20-13(2)10-15(4)26(20)21(25,22)23/h5-10H,1-4H3. The van der Waals surface area contributed by atoms with Gasteiger partial charge in [0, 0.05) is 24.3 Å². The van der Waals surface area contributed by atoms with Gasteiger partial charge in [0.25, 0.3) is 0 Å². The molecular weight excluding hydrogens is 331 g/mol. The first-order valence-electron chi connectivity index (χ1n) is 8.55. The number of hydrogen-bond acceptors (Lipinski definition) is 1. The first-order chi connectivity index (χ1) is 12.3. The molecule has 26 heavy (non-hydrogen) atoms. The molecule has 0 saturated heterocycles. The lowest BCUT2D eigenvalue weighted by atomic mass is 9.83. The van der Waals surface area contributed by atoms with Crippen molar-refractivity contribution in [3.8, 4) is 6.07 Å². The predicted octanol–water partition coefficient (Wildman–Crippen LogP) is 4.41. The van der Waals surface area contributed by atoms with Crippen molar-refractivity contribution < 1.29 is 13.1 Å². The van der Waals surface area contributed by atoms with Gasteiger partial charge in [-0.3, -0.25) is 0 Å². The Balaban J connectivity index is 2.14. The fraction of sp³-hybridized carbons (Fsp3) is 0.200. The quantitative estimate of drug-likeness (QED) is 0.702. The highest BCUT2D eigenvalue weighted by Gasteiger charge is 2.55. The number of allylic oxidation sites excluding steroid dienone is 2. The van der Waals surface area contributed by atoms with E-state index in [9.17, 15) is 0 Å². The van der Waals surface area contributed by atoms with E-state index < -0.39 is 6.97 Å². The van der Waals surface area contributed by atoms with Crippen LogP contribution in [0.1, 0.15) is 41.9 Å². The highest BCUT2D eigenvalue weighted by molar-refractivity contribution is 6.58. The largest absolute Gasteiger partial charge is 0.737 e. The predicted molar refractivity (Wildman–Crippen MR) is 99.2 cm³/mol. The minimum absolute atomic E-state index is 0.546.